The first kappa shape index (κ1) is 28.4. The van der Waals surface area contributed by atoms with Gasteiger partial charge in [0.05, 0.1) is 17.6 Å². The van der Waals surface area contributed by atoms with E-state index in [-0.39, 0.29) is 11.7 Å². The molecule has 3 aromatic rings. The summed E-state index contributed by atoms with van der Waals surface area (Å²) in [6.45, 7) is 15.0. The summed E-state index contributed by atoms with van der Waals surface area (Å²) >= 11 is 3.48. The molecule has 1 amide bonds. The molecule has 40 heavy (non-hydrogen) atoms. The van der Waals surface area contributed by atoms with Crippen LogP contribution in [-0.2, 0) is 17.7 Å². The van der Waals surface area contributed by atoms with Crippen LogP contribution < -0.4 is 10.5 Å². The second kappa shape index (κ2) is 10.7. The molecule has 1 saturated heterocycles. The lowest BCUT2D eigenvalue weighted by molar-refractivity contribution is 0.0592. The van der Waals surface area contributed by atoms with Crippen LogP contribution in [0.1, 0.15) is 65.5 Å². The van der Waals surface area contributed by atoms with Crippen LogP contribution in [0.25, 0.3) is 10.8 Å². The van der Waals surface area contributed by atoms with Crippen molar-refractivity contribution in [3.63, 3.8) is 0 Å². The van der Waals surface area contributed by atoms with Crippen LogP contribution >= 0.6 is 15.9 Å². The third-order valence-corrected chi connectivity index (χ3v) is 8.55. The van der Waals surface area contributed by atoms with Gasteiger partial charge in [-0.3, -0.25) is 9.78 Å². The lowest BCUT2D eigenvalue weighted by atomic mass is 9.75. The molecule has 2 aliphatic heterocycles. The topological polar surface area (TPSA) is 67.7 Å². The Bertz CT molecular complexity index is 1520. The molecule has 0 atom stereocenters. The van der Waals surface area contributed by atoms with Crippen molar-refractivity contribution in [1.82, 2.24) is 14.5 Å². The predicted molar refractivity (Wildman–Crippen MR) is 163 cm³/mol. The SMILES string of the molecule is CC(C)(C)OC(=O)N1C(=CN2CCC(C(C)(C)C)CC2)Cc2ccc(Cn3ccc4c(Br)cncc4c3=O)cc21. The Balaban J connectivity index is 1.44. The highest BCUT2D eigenvalue weighted by molar-refractivity contribution is 9.10. The molecule has 1 fully saturated rings. The minimum Gasteiger partial charge on any atom is -0.443 e. The minimum absolute atomic E-state index is 0.102. The van der Waals surface area contributed by atoms with Gasteiger partial charge in [-0.05, 0) is 84.1 Å². The van der Waals surface area contributed by atoms with Crippen molar-refractivity contribution in [2.75, 3.05) is 18.0 Å². The van der Waals surface area contributed by atoms with Gasteiger partial charge in [-0.1, -0.05) is 32.9 Å². The van der Waals surface area contributed by atoms with Crippen molar-refractivity contribution in [2.24, 2.45) is 11.3 Å². The molecule has 0 N–H and O–H groups in total. The summed E-state index contributed by atoms with van der Waals surface area (Å²) in [7, 11) is 0. The third kappa shape index (κ3) is 5.97. The summed E-state index contributed by atoms with van der Waals surface area (Å²) in [4.78, 5) is 35.0. The fourth-order valence-electron chi connectivity index (χ4n) is 5.72. The third-order valence-electron chi connectivity index (χ3n) is 7.92. The molecule has 4 heterocycles. The van der Waals surface area contributed by atoms with Gasteiger partial charge in [0, 0.05) is 59.9 Å². The molecule has 5 rings (SSSR count). The number of benzene rings is 1. The van der Waals surface area contributed by atoms with Gasteiger partial charge in [0.25, 0.3) is 5.56 Å². The Morgan fingerprint density at radius 2 is 1.80 bits per heavy atom. The average Bonchev–Trinajstić information content (AvgIpc) is 3.22. The molecule has 0 saturated carbocycles. The molecular formula is C32H39BrN4O3. The zero-order chi connectivity index (χ0) is 28.8. The Morgan fingerprint density at radius 3 is 2.48 bits per heavy atom. The normalized spacial score (nSPS) is 17.5. The summed E-state index contributed by atoms with van der Waals surface area (Å²) in [5.41, 5.74) is 3.34. The first-order valence-corrected chi connectivity index (χ1v) is 14.8. The lowest BCUT2D eigenvalue weighted by Crippen LogP contribution is -2.38. The van der Waals surface area contributed by atoms with E-state index in [1.165, 1.54) is 0 Å². The summed E-state index contributed by atoms with van der Waals surface area (Å²) in [5.74, 6) is 0.697. The number of hydrogen-bond acceptors (Lipinski definition) is 5. The monoisotopic (exact) mass is 606 g/mol. The van der Waals surface area contributed by atoms with E-state index in [0.717, 1.165) is 58.3 Å². The number of ether oxygens (including phenoxy) is 1. The maximum atomic E-state index is 13.5. The van der Waals surface area contributed by atoms with Crippen LogP contribution in [-0.4, -0.2) is 39.2 Å². The minimum atomic E-state index is -0.617. The number of likely N-dealkylation sites (tertiary alicyclic amines) is 1. The number of carbonyl (C=O) groups is 1. The maximum absolute atomic E-state index is 13.5. The van der Waals surface area contributed by atoms with Gasteiger partial charge in [0.15, 0.2) is 0 Å². The molecule has 2 aliphatic rings. The number of allylic oxidation sites excluding steroid dienone is 1. The number of carbonyl (C=O) groups excluding carboxylic acids is 1. The van der Waals surface area contributed by atoms with Crippen LogP contribution in [0.3, 0.4) is 0 Å². The van der Waals surface area contributed by atoms with Crippen molar-refractivity contribution in [3.05, 3.63) is 80.7 Å². The fraction of sp³-hybridized carbons (Fsp3) is 0.469. The Labute approximate surface area is 245 Å². The van der Waals surface area contributed by atoms with E-state index in [1.54, 1.807) is 28.1 Å². The number of amides is 1. The Hall–Kier alpha value is -3.13. The highest BCUT2D eigenvalue weighted by Crippen LogP contribution is 2.38. The summed E-state index contributed by atoms with van der Waals surface area (Å²) in [6.07, 6.45) is 9.82. The lowest BCUT2D eigenvalue weighted by Gasteiger charge is -2.38. The molecule has 2 aromatic heterocycles. The zero-order valence-electron chi connectivity index (χ0n) is 24.3. The van der Waals surface area contributed by atoms with Crippen LogP contribution in [0.15, 0.2) is 64.0 Å². The van der Waals surface area contributed by atoms with Crippen molar-refractivity contribution in [2.45, 2.75) is 73.0 Å². The van der Waals surface area contributed by atoms with Gasteiger partial charge in [-0.25, -0.2) is 9.69 Å². The number of hydrogen-bond donors (Lipinski definition) is 0. The number of aromatic nitrogens is 2. The zero-order valence-corrected chi connectivity index (χ0v) is 25.9. The van der Waals surface area contributed by atoms with E-state index < -0.39 is 5.60 Å². The van der Waals surface area contributed by atoms with E-state index >= 15 is 0 Å². The highest BCUT2D eigenvalue weighted by Gasteiger charge is 2.34. The van der Waals surface area contributed by atoms with Crippen LogP contribution in [0.2, 0.25) is 0 Å². The van der Waals surface area contributed by atoms with Crippen molar-refractivity contribution in [1.29, 1.82) is 0 Å². The van der Waals surface area contributed by atoms with Gasteiger partial charge in [0.1, 0.15) is 5.60 Å². The fourth-order valence-corrected chi connectivity index (χ4v) is 6.18. The van der Waals surface area contributed by atoms with Crippen LogP contribution in [0, 0.1) is 11.3 Å². The molecule has 0 unspecified atom stereocenters. The van der Waals surface area contributed by atoms with E-state index in [2.05, 4.69) is 58.9 Å². The number of pyridine rings is 2. The van der Waals surface area contributed by atoms with Crippen LogP contribution in [0.4, 0.5) is 10.5 Å². The van der Waals surface area contributed by atoms with Crippen LogP contribution in [0.5, 0.6) is 0 Å². The summed E-state index contributed by atoms with van der Waals surface area (Å²) < 4.78 is 8.33. The standard InChI is InChI=1S/C32H39BrN4O3/c1-31(2,3)23-9-12-35(13-10-23)20-24-16-22-8-7-21(15-28(22)37(24)30(39)40-32(4,5)6)19-36-14-11-25-26(29(36)38)17-34-18-27(25)33/h7-8,11,14-15,17-18,20,23H,9-10,12-13,16,19H2,1-6H3. The molecule has 8 heteroatoms. The van der Waals surface area contributed by atoms with Gasteiger partial charge in [-0.2, -0.15) is 0 Å². The molecule has 0 bridgehead atoms. The largest absolute Gasteiger partial charge is 0.443 e. The van der Waals surface area contributed by atoms with Crippen molar-refractivity contribution < 1.29 is 9.53 Å². The molecular weight excluding hydrogens is 568 g/mol. The van der Waals surface area contributed by atoms with E-state index in [9.17, 15) is 9.59 Å². The number of fused-ring (bicyclic) bond motifs is 2. The predicted octanol–water partition coefficient (Wildman–Crippen LogP) is 7.10. The second-order valence-electron chi connectivity index (χ2n) is 13.1. The molecule has 0 spiro atoms. The number of piperidine rings is 1. The average molecular weight is 608 g/mol. The molecule has 0 aliphatic carbocycles. The first-order valence-electron chi connectivity index (χ1n) is 14.0. The number of rotatable bonds is 3. The Morgan fingerprint density at radius 1 is 1.07 bits per heavy atom. The van der Waals surface area contributed by atoms with Crippen molar-refractivity contribution in [3.8, 4) is 0 Å². The number of anilines is 1. The second-order valence-corrected chi connectivity index (χ2v) is 13.9. The van der Waals surface area contributed by atoms with E-state index in [0.29, 0.717) is 29.7 Å². The van der Waals surface area contributed by atoms with Gasteiger partial charge in [-0.15, -0.1) is 0 Å². The maximum Gasteiger partial charge on any atom is 0.419 e. The number of halogens is 1. The van der Waals surface area contributed by atoms with Gasteiger partial charge >= 0.3 is 6.09 Å². The van der Waals surface area contributed by atoms with E-state index in [1.807, 2.05) is 39.0 Å². The van der Waals surface area contributed by atoms with E-state index in [4.69, 9.17) is 4.74 Å². The quantitative estimate of drug-likeness (QED) is 0.318. The number of nitrogens with zero attached hydrogens (tertiary/aromatic N) is 4. The molecule has 212 valence electrons. The Kier molecular flexibility index (Phi) is 7.59. The highest BCUT2D eigenvalue weighted by atomic mass is 79.9. The van der Waals surface area contributed by atoms with Gasteiger partial charge in [0.2, 0.25) is 0 Å². The molecule has 1 aromatic carbocycles. The summed E-state index contributed by atoms with van der Waals surface area (Å²) in [5, 5.41) is 1.40. The first-order chi connectivity index (χ1) is 18.8. The van der Waals surface area contributed by atoms with Crippen molar-refractivity contribution >= 4 is 38.5 Å². The molecule has 0 radical (unpaired) electrons. The van der Waals surface area contributed by atoms with Gasteiger partial charge < -0.3 is 14.2 Å². The summed E-state index contributed by atoms with van der Waals surface area (Å²) in [6, 6.07) is 8.05. The smallest absolute Gasteiger partial charge is 0.419 e. The molecule has 7 nitrogen and oxygen atoms in total.